The van der Waals surface area contributed by atoms with Crippen LogP contribution in [-0.4, -0.2) is 54.8 Å². The summed E-state index contributed by atoms with van der Waals surface area (Å²) in [4.78, 5) is 54.5. The summed E-state index contributed by atoms with van der Waals surface area (Å²) < 4.78 is 28.0. The second-order valence-corrected chi connectivity index (χ2v) is 14.8. The number of ketones is 3. The van der Waals surface area contributed by atoms with Crippen molar-refractivity contribution in [3.05, 3.63) is 191 Å². The minimum atomic E-state index is -0.181. The van der Waals surface area contributed by atoms with Crippen molar-refractivity contribution in [2.45, 2.75) is 41.1 Å². The Morgan fingerprint density at radius 1 is 0.634 bits per heavy atom. The quantitative estimate of drug-likeness (QED) is 0.0352. The maximum Gasteiger partial charge on any atom is 1.00 e. The number of carbonyl (C=O) groups is 5. The Kier molecular flexibility index (Phi) is 35.3. The molecule has 0 saturated heterocycles. The number of Topliss-reactive ketones (excluding diaryl/α,β-unsaturated/α-hetero) is 3. The number of ether oxygens (including phenoxy) is 3. The zero-order valence-corrected chi connectivity index (χ0v) is 47.5. The van der Waals surface area contributed by atoms with Crippen molar-refractivity contribution in [3.8, 4) is 23.0 Å². The van der Waals surface area contributed by atoms with Gasteiger partial charge in [0.2, 0.25) is 5.78 Å². The van der Waals surface area contributed by atoms with Gasteiger partial charge in [0.05, 0.1) is 16.8 Å². The Labute approximate surface area is 514 Å². The second-order valence-electron chi connectivity index (χ2n) is 13.9. The van der Waals surface area contributed by atoms with E-state index in [4.69, 9.17) is 44.7 Å². The maximum atomic E-state index is 11.6. The third-order valence-electron chi connectivity index (χ3n) is 8.82. The molecular weight excluding hydrogens is 1050 g/mol. The standard InChI is InChI=1S/C17H13BrO3.C17H14O3.C14H12O3.C3H5ClO.CH2O3.CH4.B.2K.H/c18-10-15(19)17-9-13-8-14(6-7-16(13)21-17)20-11-12-4-2-1-3-5-12;1-12(18)17-10-14-9-15(7-8-16(14)20-17)19-11-13-5-3-2-4-6-13;15-9-12-8-13(6-7-14(12)16)17-10-11-4-2-1-3-5-11;1-3(5)2-4;2-1-4-3;;;;;/h1-9H,10-11H2;2-10H,11H2,1H3;1-9,16H,10H2;2H2,1H3;1,3H;1H4;;;;/q;;;;;;;2*+1;-1/p-1. The van der Waals surface area contributed by atoms with E-state index in [2.05, 4.69) is 20.8 Å². The van der Waals surface area contributed by atoms with Crippen molar-refractivity contribution in [3.63, 3.8) is 0 Å². The zero-order valence-electron chi connectivity index (χ0n) is 39.9. The molecule has 0 atom stereocenters. The molecule has 71 heavy (non-hydrogen) atoms. The number of fused-ring (bicyclic) bond motifs is 2. The summed E-state index contributed by atoms with van der Waals surface area (Å²) in [5.74, 6) is 2.79. The summed E-state index contributed by atoms with van der Waals surface area (Å²) in [5.41, 5.74) is 4.89. The molecule has 2 heterocycles. The van der Waals surface area contributed by atoms with Gasteiger partial charge in [-0.15, -0.1) is 11.6 Å². The minimum absolute atomic E-state index is 0. The number of aromatic hydroxyl groups is 1. The first-order chi connectivity index (χ1) is 32.5. The predicted molar refractivity (Wildman–Crippen MR) is 269 cm³/mol. The average molecular weight is 1100 g/mol. The van der Waals surface area contributed by atoms with E-state index in [1.807, 2.05) is 127 Å². The molecule has 0 bridgehead atoms. The Bertz CT molecular complexity index is 2820. The summed E-state index contributed by atoms with van der Waals surface area (Å²) in [6, 6.07) is 48.9. The van der Waals surface area contributed by atoms with Gasteiger partial charge >= 0.3 is 103 Å². The van der Waals surface area contributed by atoms with Crippen molar-refractivity contribution in [2.75, 3.05) is 11.2 Å². The number of phenols is 1. The number of benzene rings is 6. The van der Waals surface area contributed by atoms with Crippen LogP contribution in [0.5, 0.6) is 23.0 Å². The summed E-state index contributed by atoms with van der Waals surface area (Å²) in [6.07, 6.45) is 0.602. The molecule has 0 aliphatic carbocycles. The number of halogens is 2. The number of aldehydes is 1. The smallest absolute Gasteiger partial charge is 1.00 e. The van der Waals surface area contributed by atoms with Gasteiger partial charge in [0, 0.05) is 26.1 Å². The van der Waals surface area contributed by atoms with Crippen molar-refractivity contribution in [2.24, 2.45) is 0 Å². The molecule has 0 aliphatic heterocycles. The van der Waals surface area contributed by atoms with Crippen LogP contribution in [0.25, 0.3) is 21.9 Å². The number of hydrogen-bond acceptors (Lipinski definition) is 13. The molecule has 3 radical (unpaired) electrons. The third kappa shape index (κ3) is 24.4. The fraction of sp³-hybridized carbons (Fsp3) is 0.151. The van der Waals surface area contributed by atoms with Crippen LogP contribution >= 0.6 is 27.5 Å². The van der Waals surface area contributed by atoms with Crippen molar-refractivity contribution in [1.82, 2.24) is 0 Å². The molecule has 359 valence electrons. The Balaban J connectivity index is 0. The molecule has 13 nitrogen and oxygen atoms in total. The normalized spacial score (nSPS) is 9.37. The molecule has 0 aliphatic rings. The van der Waals surface area contributed by atoms with Crippen LogP contribution in [0.15, 0.2) is 167 Å². The molecule has 0 amide bonds. The fourth-order valence-electron chi connectivity index (χ4n) is 5.54. The van der Waals surface area contributed by atoms with Gasteiger partial charge in [-0.05, 0) is 90.3 Å². The summed E-state index contributed by atoms with van der Waals surface area (Å²) in [5, 5.41) is 19.8. The SMILES string of the molecule is C.CC(=O)CCl.CC(=O)c1cc2cc(OCc3ccccc3)ccc2o1.O=C(CBr)c1cc2cc(OCc3ccccc3)ccc2o1.O=CO[O-].O=Cc1cc(OCc2ccccc2)ccc1O.[B].[H-].[K+].[K+]. The van der Waals surface area contributed by atoms with Crippen molar-refractivity contribution < 1.29 is 166 Å². The van der Waals surface area contributed by atoms with Gasteiger partial charge in [0.15, 0.2) is 23.6 Å². The van der Waals surface area contributed by atoms with E-state index in [9.17, 15) is 24.3 Å². The molecule has 18 heteroatoms. The number of phenolic OH excluding ortho intramolecular Hbond substituents is 1. The number of hydrogen-bond donors (Lipinski definition) is 1. The molecule has 6 aromatic carbocycles. The maximum absolute atomic E-state index is 11.6. The first kappa shape index (κ1) is 66.8. The largest absolute Gasteiger partial charge is 1.00 e. The topological polar surface area (TPSA) is 192 Å². The third-order valence-corrected chi connectivity index (χ3v) is 9.70. The van der Waals surface area contributed by atoms with E-state index in [1.54, 1.807) is 18.2 Å². The summed E-state index contributed by atoms with van der Waals surface area (Å²) in [6.45, 7) is 4.22. The molecular formula is C53H50BBrClK2O13. The van der Waals surface area contributed by atoms with E-state index >= 15 is 0 Å². The first-order valence-electron chi connectivity index (χ1n) is 20.2. The number of furan rings is 2. The van der Waals surface area contributed by atoms with Crippen molar-refractivity contribution >= 4 is 88.0 Å². The Morgan fingerprint density at radius 2 is 1.00 bits per heavy atom. The van der Waals surface area contributed by atoms with Crippen LogP contribution in [0, 0.1) is 0 Å². The van der Waals surface area contributed by atoms with Gasteiger partial charge in [-0.2, -0.15) is 0 Å². The van der Waals surface area contributed by atoms with Crippen LogP contribution in [0.3, 0.4) is 0 Å². The number of rotatable bonds is 15. The van der Waals surface area contributed by atoms with E-state index < -0.39 is 0 Å². The molecule has 8 aromatic rings. The average Bonchev–Trinajstić information content (AvgIpc) is 4.01. The van der Waals surface area contributed by atoms with Gasteiger partial charge in [-0.3, -0.25) is 24.0 Å². The van der Waals surface area contributed by atoms with Gasteiger partial charge in [-0.1, -0.05) is 114 Å². The van der Waals surface area contributed by atoms with Crippen LogP contribution in [0.2, 0.25) is 0 Å². The van der Waals surface area contributed by atoms with E-state index in [1.165, 1.54) is 26.0 Å². The molecule has 0 unspecified atom stereocenters. The van der Waals surface area contributed by atoms with E-state index in [0.717, 1.165) is 39.0 Å². The molecule has 8 rings (SSSR count). The number of carbonyl (C=O) groups excluding carboxylic acids is 5. The van der Waals surface area contributed by atoms with Gasteiger partial charge in [-0.25, -0.2) is 0 Å². The summed E-state index contributed by atoms with van der Waals surface area (Å²) >= 11 is 8.13. The molecule has 0 saturated carbocycles. The van der Waals surface area contributed by atoms with E-state index in [-0.39, 0.29) is 166 Å². The Hall–Kier alpha value is -4.18. The zero-order chi connectivity index (χ0) is 48.4. The molecule has 0 spiro atoms. The first-order valence-corrected chi connectivity index (χ1v) is 21.9. The molecule has 2 aromatic heterocycles. The summed E-state index contributed by atoms with van der Waals surface area (Å²) in [7, 11) is 0. The number of alkyl halides is 2. The van der Waals surface area contributed by atoms with Gasteiger partial charge in [0.25, 0.3) is 6.47 Å². The molecule has 0 fully saturated rings. The van der Waals surface area contributed by atoms with Crippen LogP contribution in [0.1, 0.15) is 70.9 Å². The second kappa shape index (κ2) is 37.5. The monoisotopic (exact) mass is 1100 g/mol. The van der Waals surface area contributed by atoms with Crippen LogP contribution in [0.4, 0.5) is 0 Å². The van der Waals surface area contributed by atoms with Gasteiger partial charge in [0.1, 0.15) is 59.8 Å². The van der Waals surface area contributed by atoms with Crippen LogP contribution in [-0.2, 0) is 34.3 Å². The Morgan fingerprint density at radius 3 is 1.35 bits per heavy atom. The minimum Gasteiger partial charge on any atom is -1.00 e. The fourth-order valence-corrected chi connectivity index (χ4v) is 5.82. The van der Waals surface area contributed by atoms with Crippen LogP contribution < -0.4 is 122 Å². The van der Waals surface area contributed by atoms with Gasteiger partial charge < -0.3 is 39.7 Å². The van der Waals surface area contributed by atoms with E-state index in [0.29, 0.717) is 54.5 Å². The van der Waals surface area contributed by atoms with Crippen molar-refractivity contribution in [1.29, 1.82) is 0 Å². The molecule has 1 N–H and O–H groups in total. The predicted octanol–water partition coefficient (Wildman–Crippen LogP) is 5.21.